The highest BCUT2D eigenvalue weighted by Crippen LogP contribution is 2.23. The fourth-order valence-electron chi connectivity index (χ4n) is 2.38. The third kappa shape index (κ3) is 4.56. The van der Waals surface area contributed by atoms with Crippen molar-refractivity contribution >= 4 is 12.4 Å². The molecular weight excluding hydrogens is 268 g/mol. The van der Waals surface area contributed by atoms with Gasteiger partial charge in [0.25, 0.3) is 0 Å². The molecule has 1 amide bonds. The van der Waals surface area contributed by atoms with Gasteiger partial charge in [0, 0.05) is 24.2 Å². The van der Waals surface area contributed by atoms with E-state index in [-0.39, 0.29) is 18.2 Å². The zero-order valence-electron chi connectivity index (χ0n) is 12.7. The zero-order chi connectivity index (χ0) is 15.5. The average molecular weight is 290 g/mol. The molecule has 1 fully saturated rings. The molecule has 0 aliphatic carbocycles. The van der Waals surface area contributed by atoms with Crippen molar-refractivity contribution in [2.75, 3.05) is 6.54 Å². The molecule has 1 aromatic rings. The fraction of sp³-hybridized carbons (Fsp3) is 0.500. The molecule has 0 radical (unpaired) electrons. The summed E-state index contributed by atoms with van der Waals surface area (Å²) in [6.45, 7) is 6.24. The van der Waals surface area contributed by atoms with Gasteiger partial charge in [-0.15, -0.1) is 0 Å². The molecule has 0 saturated carbocycles. The molecule has 5 heteroatoms. The molecular formula is C16H22N2O3. The van der Waals surface area contributed by atoms with Crippen LogP contribution >= 0.6 is 0 Å². The topological polar surface area (TPSA) is 67.4 Å². The number of amides is 1. The first-order chi connectivity index (χ1) is 9.87. The van der Waals surface area contributed by atoms with E-state index in [1.807, 2.05) is 32.9 Å². The quantitative estimate of drug-likeness (QED) is 0.839. The molecule has 1 aliphatic heterocycles. The maximum absolute atomic E-state index is 11.7. The van der Waals surface area contributed by atoms with Crippen molar-refractivity contribution in [3.05, 3.63) is 35.4 Å². The molecule has 21 heavy (non-hydrogen) atoms. The molecule has 1 heterocycles. The lowest BCUT2D eigenvalue weighted by atomic mass is 10.0. The van der Waals surface area contributed by atoms with Crippen molar-refractivity contribution < 1.29 is 14.3 Å². The van der Waals surface area contributed by atoms with Gasteiger partial charge in [-0.3, -0.25) is 4.79 Å². The van der Waals surface area contributed by atoms with E-state index in [0.717, 1.165) is 18.3 Å². The summed E-state index contributed by atoms with van der Waals surface area (Å²) in [6, 6.07) is 7.73. The molecule has 0 bridgehead atoms. The number of hydrogen-bond acceptors (Lipinski definition) is 4. The van der Waals surface area contributed by atoms with Crippen LogP contribution in [-0.4, -0.2) is 30.6 Å². The second-order valence-corrected chi connectivity index (χ2v) is 6.32. The largest absolute Gasteiger partial charge is 0.444 e. The molecule has 2 unspecified atom stereocenters. The summed E-state index contributed by atoms with van der Waals surface area (Å²) in [5.41, 5.74) is 1.30. The zero-order valence-corrected chi connectivity index (χ0v) is 12.7. The van der Waals surface area contributed by atoms with Gasteiger partial charge in [-0.05, 0) is 32.8 Å². The molecule has 1 aliphatic rings. The van der Waals surface area contributed by atoms with E-state index in [0.29, 0.717) is 12.1 Å². The van der Waals surface area contributed by atoms with Crippen LogP contribution in [0.4, 0.5) is 4.79 Å². The highest BCUT2D eigenvalue weighted by atomic mass is 16.6. The van der Waals surface area contributed by atoms with Gasteiger partial charge in [0.05, 0.1) is 0 Å². The number of aldehydes is 1. The molecule has 2 rings (SSSR count). The number of benzene rings is 1. The van der Waals surface area contributed by atoms with E-state index in [1.54, 1.807) is 12.1 Å². The second-order valence-electron chi connectivity index (χ2n) is 6.32. The predicted octanol–water partition coefficient (Wildman–Crippen LogP) is 2.43. The molecule has 2 N–H and O–H groups in total. The van der Waals surface area contributed by atoms with Crippen molar-refractivity contribution in [2.45, 2.75) is 44.9 Å². The van der Waals surface area contributed by atoms with Crippen molar-refractivity contribution in [2.24, 2.45) is 0 Å². The van der Waals surface area contributed by atoms with Crippen molar-refractivity contribution in [1.29, 1.82) is 0 Å². The first-order valence-electron chi connectivity index (χ1n) is 7.15. The fourth-order valence-corrected chi connectivity index (χ4v) is 2.38. The van der Waals surface area contributed by atoms with Gasteiger partial charge in [0.2, 0.25) is 0 Å². The molecule has 0 spiro atoms. The first-order valence-corrected chi connectivity index (χ1v) is 7.15. The van der Waals surface area contributed by atoms with Gasteiger partial charge >= 0.3 is 6.09 Å². The lowest BCUT2D eigenvalue weighted by Gasteiger charge is -2.21. The Morgan fingerprint density at radius 3 is 2.57 bits per heavy atom. The number of ether oxygens (including phenoxy) is 1. The number of alkyl carbamates (subject to hydrolysis) is 1. The number of carbonyl (C=O) groups is 2. The Kier molecular flexibility index (Phi) is 4.63. The Bertz CT molecular complexity index is 505. The SMILES string of the molecule is CC(C)(C)OC(=O)NC1CNC(c2ccc(C=O)cc2)C1. The Labute approximate surface area is 125 Å². The summed E-state index contributed by atoms with van der Waals surface area (Å²) in [7, 11) is 0. The van der Waals surface area contributed by atoms with E-state index < -0.39 is 5.60 Å². The van der Waals surface area contributed by atoms with E-state index in [1.165, 1.54) is 0 Å². The second kappa shape index (κ2) is 6.26. The average Bonchev–Trinajstić information content (AvgIpc) is 2.85. The third-order valence-electron chi connectivity index (χ3n) is 3.33. The number of hydrogen-bond donors (Lipinski definition) is 2. The van der Waals surface area contributed by atoms with E-state index in [9.17, 15) is 9.59 Å². The monoisotopic (exact) mass is 290 g/mol. The lowest BCUT2D eigenvalue weighted by Crippen LogP contribution is -2.40. The normalized spacial score (nSPS) is 21.9. The van der Waals surface area contributed by atoms with Crippen LogP contribution in [0.5, 0.6) is 0 Å². The molecule has 1 aromatic carbocycles. The molecule has 5 nitrogen and oxygen atoms in total. The smallest absolute Gasteiger partial charge is 0.407 e. The Morgan fingerprint density at radius 1 is 1.33 bits per heavy atom. The minimum absolute atomic E-state index is 0.0515. The number of carbonyl (C=O) groups excluding carboxylic acids is 2. The molecule has 1 saturated heterocycles. The van der Waals surface area contributed by atoms with Crippen LogP contribution in [0.15, 0.2) is 24.3 Å². The van der Waals surface area contributed by atoms with Gasteiger partial charge in [-0.2, -0.15) is 0 Å². The molecule has 114 valence electrons. The van der Waals surface area contributed by atoms with E-state index in [2.05, 4.69) is 10.6 Å². The van der Waals surface area contributed by atoms with Gasteiger partial charge in [-0.1, -0.05) is 24.3 Å². The Hall–Kier alpha value is -1.88. The Balaban J connectivity index is 1.88. The van der Waals surface area contributed by atoms with E-state index in [4.69, 9.17) is 4.74 Å². The number of rotatable bonds is 3. The van der Waals surface area contributed by atoms with Crippen LogP contribution in [0, 0.1) is 0 Å². The minimum atomic E-state index is -0.486. The van der Waals surface area contributed by atoms with Crippen LogP contribution in [0.3, 0.4) is 0 Å². The summed E-state index contributed by atoms with van der Waals surface area (Å²) < 4.78 is 5.25. The van der Waals surface area contributed by atoms with Crippen molar-refractivity contribution in [3.63, 3.8) is 0 Å². The summed E-state index contributed by atoms with van der Waals surface area (Å²) in [5.74, 6) is 0. The van der Waals surface area contributed by atoms with Gasteiger partial charge in [-0.25, -0.2) is 4.79 Å². The summed E-state index contributed by atoms with van der Waals surface area (Å²) in [6.07, 6.45) is 1.25. The summed E-state index contributed by atoms with van der Waals surface area (Å²) in [4.78, 5) is 22.4. The van der Waals surface area contributed by atoms with Gasteiger partial charge in [0.15, 0.2) is 0 Å². The minimum Gasteiger partial charge on any atom is -0.444 e. The summed E-state index contributed by atoms with van der Waals surface area (Å²) in [5, 5.41) is 6.25. The number of nitrogens with one attached hydrogen (secondary N) is 2. The van der Waals surface area contributed by atoms with Crippen LogP contribution in [-0.2, 0) is 4.74 Å². The Morgan fingerprint density at radius 2 is 2.00 bits per heavy atom. The van der Waals surface area contributed by atoms with Crippen LogP contribution in [0.2, 0.25) is 0 Å². The van der Waals surface area contributed by atoms with Crippen molar-refractivity contribution in [1.82, 2.24) is 10.6 Å². The highest BCUT2D eigenvalue weighted by Gasteiger charge is 2.27. The van der Waals surface area contributed by atoms with Crippen molar-refractivity contribution in [3.8, 4) is 0 Å². The molecule has 0 aromatic heterocycles. The maximum Gasteiger partial charge on any atom is 0.407 e. The summed E-state index contributed by atoms with van der Waals surface area (Å²) >= 11 is 0. The maximum atomic E-state index is 11.7. The van der Waals surface area contributed by atoms with Gasteiger partial charge in [0.1, 0.15) is 11.9 Å². The van der Waals surface area contributed by atoms with Crippen LogP contribution < -0.4 is 10.6 Å². The van der Waals surface area contributed by atoms with E-state index >= 15 is 0 Å². The van der Waals surface area contributed by atoms with Crippen LogP contribution in [0.25, 0.3) is 0 Å². The first kappa shape index (κ1) is 15.5. The third-order valence-corrected chi connectivity index (χ3v) is 3.33. The van der Waals surface area contributed by atoms with Crippen LogP contribution in [0.1, 0.15) is 49.2 Å². The predicted molar refractivity (Wildman–Crippen MR) is 80.3 cm³/mol. The highest BCUT2D eigenvalue weighted by molar-refractivity contribution is 5.74. The molecule has 2 atom stereocenters. The standard InChI is InChI=1S/C16H22N2O3/c1-16(2,3)21-15(20)18-13-8-14(17-9-13)12-6-4-11(10-19)5-7-12/h4-7,10,13-14,17H,8-9H2,1-3H3,(H,18,20). The van der Waals surface area contributed by atoms with Gasteiger partial charge < -0.3 is 15.4 Å². The lowest BCUT2D eigenvalue weighted by molar-refractivity contribution is 0.0508.